The second-order valence-corrected chi connectivity index (χ2v) is 30.8. The van der Waals surface area contributed by atoms with Crippen LogP contribution in [0, 0.1) is 0 Å². The topological polar surface area (TPSA) is 30.9 Å². The molecule has 3 heterocycles. The Morgan fingerprint density at radius 2 is 0.432 bits per heavy atom. The lowest BCUT2D eigenvalue weighted by Crippen LogP contribution is -2.12. The predicted octanol–water partition coefficient (Wildman–Crippen LogP) is 24.0. The van der Waals surface area contributed by atoms with Crippen molar-refractivity contribution in [1.29, 1.82) is 0 Å². The quantitative estimate of drug-likeness (QED) is 0.166. The highest BCUT2D eigenvalue weighted by atomic mass is 16.5. The number of benzene rings is 9. The molecule has 4 nitrogen and oxygen atoms in total. The minimum atomic E-state index is -0.0562. The molecule has 4 heteroatoms. The van der Waals surface area contributed by atoms with E-state index in [1.165, 1.54) is 33.4 Å². The smallest absolute Gasteiger partial charge is 0.135 e. The first kappa shape index (κ1) is 59.7. The van der Waals surface area contributed by atoms with Crippen LogP contribution in [0.15, 0.2) is 182 Å². The fourth-order valence-corrected chi connectivity index (χ4v) is 12.1. The van der Waals surface area contributed by atoms with Crippen LogP contribution in [0.1, 0.15) is 208 Å². The van der Waals surface area contributed by atoms with E-state index in [1.54, 1.807) is 0 Å². The molecule has 9 aromatic rings. The Balaban J connectivity index is 0.990. The van der Waals surface area contributed by atoms with Gasteiger partial charge in [0.2, 0.25) is 0 Å². The molecule has 0 bridgehead atoms. The fraction of sp³-hybridized carbons (Fsp3) is 0.286. The average molecular weight is 1160 g/mol. The SMILES string of the molecule is CC(C)(C)c1ccc2c(c1)Oc1cc(C(C)(C)C)ccc1C(c1ccc(N(c3ccc(C4=Cc5ccc(C(C)(C)C)cc5Oc5cc(C(C)(C)C)ccc54)cc3)c3ccc(C4=Cc5ccc(C(C)(C)C)cc5Oc5cc(C(C)(C)C)ccc54)cc3)cc1)=C2. The molecular weight excluding hydrogens is 1070 g/mol. The van der Waals surface area contributed by atoms with E-state index in [2.05, 4.69) is 330 Å². The zero-order valence-corrected chi connectivity index (χ0v) is 55.2. The van der Waals surface area contributed by atoms with Crippen molar-refractivity contribution in [2.45, 2.75) is 157 Å². The van der Waals surface area contributed by atoms with Gasteiger partial charge in [-0.2, -0.15) is 0 Å². The van der Waals surface area contributed by atoms with Gasteiger partial charge in [0.1, 0.15) is 34.5 Å². The van der Waals surface area contributed by atoms with Gasteiger partial charge in [-0.1, -0.05) is 234 Å². The van der Waals surface area contributed by atoms with Crippen LogP contribution >= 0.6 is 0 Å². The lowest BCUT2D eigenvalue weighted by Gasteiger charge is -2.27. The third-order valence-corrected chi connectivity index (χ3v) is 17.9. The molecule has 0 aliphatic carbocycles. The zero-order chi connectivity index (χ0) is 62.6. The highest BCUT2D eigenvalue weighted by Gasteiger charge is 2.29. The molecule has 12 rings (SSSR count). The number of nitrogens with zero attached hydrogens (tertiary/aromatic N) is 1. The number of rotatable bonds is 6. The summed E-state index contributed by atoms with van der Waals surface area (Å²) in [6.07, 6.45) is 6.93. The van der Waals surface area contributed by atoms with Crippen LogP contribution in [-0.4, -0.2) is 0 Å². The number of anilines is 3. The minimum absolute atomic E-state index is 0.0333. The Morgan fingerprint density at radius 3 is 0.648 bits per heavy atom. The van der Waals surface area contributed by atoms with Crippen LogP contribution in [0.2, 0.25) is 0 Å². The third-order valence-electron chi connectivity index (χ3n) is 17.9. The molecule has 0 radical (unpaired) electrons. The van der Waals surface area contributed by atoms with E-state index in [1.807, 2.05) is 0 Å². The molecule has 0 unspecified atom stereocenters. The number of hydrogen-bond acceptors (Lipinski definition) is 4. The lowest BCUT2D eigenvalue weighted by molar-refractivity contribution is 0.473. The predicted molar refractivity (Wildman–Crippen MR) is 373 cm³/mol. The Kier molecular flexibility index (Phi) is 14.7. The highest BCUT2D eigenvalue weighted by molar-refractivity contribution is 5.99. The van der Waals surface area contributed by atoms with Gasteiger partial charge in [-0.05, 0) is 190 Å². The van der Waals surface area contributed by atoms with Crippen LogP contribution in [0.25, 0.3) is 34.9 Å². The van der Waals surface area contributed by atoms with E-state index in [4.69, 9.17) is 14.2 Å². The lowest BCUT2D eigenvalue weighted by atomic mass is 9.85. The van der Waals surface area contributed by atoms with E-state index >= 15 is 0 Å². The summed E-state index contributed by atoms with van der Waals surface area (Å²) in [6.45, 7) is 40.7. The van der Waals surface area contributed by atoms with E-state index in [-0.39, 0.29) is 32.5 Å². The molecule has 0 fully saturated rings. The maximum Gasteiger partial charge on any atom is 0.135 e. The van der Waals surface area contributed by atoms with Crippen molar-refractivity contribution in [3.63, 3.8) is 0 Å². The molecule has 0 saturated heterocycles. The van der Waals surface area contributed by atoms with E-state index < -0.39 is 0 Å². The second-order valence-electron chi connectivity index (χ2n) is 30.8. The van der Waals surface area contributed by atoms with Crippen molar-refractivity contribution in [2.75, 3.05) is 4.90 Å². The number of ether oxygens (including phenoxy) is 3. The van der Waals surface area contributed by atoms with E-state index in [0.29, 0.717) is 0 Å². The number of hydrogen-bond donors (Lipinski definition) is 0. The molecular formula is C84H87NO3. The van der Waals surface area contributed by atoms with Crippen LogP contribution in [0.5, 0.6) is 34.5 Å². The fourth-order valence-electron chi connectivity index (χ4n) is 12.1. The largest absolute Gasteiger partial charge is 0.456 e. The van der Waals surface area contributed by atoms with Gasteiger partial charge in [0, 0.05) is 50.4 Å². The Bertz CT molecular complexity index is 3850. The van der Waals surface area contributed by atoms with Crippen molar-refractivity contribution < 1.29 is 14.2 Å². The highest BCUT2D eigenvalue weighted by Crippen LogP contribution is 2.49. The third kappa shape index (κ3) is 11.8. The molecule has 0 spiro atoms. The van der Waals surface area contributed by atoms with Crippen molar-refractivity contribution >= 4 is 52.0 Å². The van der Waals surface area contributed by atoms with E-state index in [0.717, 1.165) is 118 Å². The van der Waals surface area contributed by atoms with E-state index in [9.17, 15) is 0 Å². The summed E-state index contributed by atoms with van der Waals surface area (Å²) in [5, 5.41) is 0. The normalized spacial score (nSPS) is 14.0. The van der Waals surface area contributed by atoms with Crippen LogP contribution in [0.4, 0.5) is 17.1 Å². The minimum Gasteiger partial charge on any atom is -0.456 e. The standard InChI is InChI=1S/C84H87NO3/c1-79(2,3)58-28-19-55-43-70(67-40-31-61(82(10,11)12)49-76(67)86-73(55)46-58)52-22-34-64(35-23-52)85(65-36-24-53(25-37-65)71-44-56-20-29-59(80(4,5)6)47-74(56)87-77-50-62(83(13,14)15)32-41-68(71)77)66-38-26-54(27-39-66)72-45-57-21-30-60(81(7,8)9)48-75(57)88-78-51-63(84(16,17)18)33-42-69(72)78/h19-51H,1-18H3. The van der Waals surface area contributed by atoms with Gasteiger partial charge in [0.15, 0.2) is 0 Å². The molecule has 3 aliphatic rings. The summed E-state index contributed by atoms with van der Waals surface area (Å²) in [6, 6.07) is 67.6. The van der Waals surface area contributed by atoms with Crippen LogP contribution < -0.4 is 19.1 Å². The maximum absolute atomic E-state index is 6.99. The zero-order valence-electron chi connectivity index (χ0n) is 55.2. The van der Waals surface area contributed by atoms with Gasteiger partial charge >= 0.3 is 0 Å². The average Bonchev–Trinajstić information content (AvgIpc) is 2.74. The molecule has 9 aromatic carbocycles. The van der Waals surface area contributed by atoms with Gasteiger partial charge < -0.3 is 19.1 Å². The molecule has 0 amide bonds. The molecule has 0 saturated carbocycles. The van der Waals surface area contributed by atoms with Crippen molar-refractivity contribution in [3.05, 3.63) is 265 Å². The maximum atomic E-state index is 6.99. The van der Waals surface area contributed by atoms with Crippen LogP contribution in [-0.2, 0) is 32.5 Å². The first-order valence-corrected chi connectivity index (χ1v) is 31.5. The molecule has 0 aromatic heterocycles. The summed E-state index contributed by atoms with van der Waals surface area (Å²) in [7, 11) is 0. The van der Waals surface area contributed by atoms with Crippen molar-refractivity contribution in [3.8, 4) is 34.5 Å². The Hall–Kier alpha value is -8.60. The summed E-state index contributed by atoms with van der Waals surface area (Å²) in [4.78, 5) is 2.38. The molecule has 446 valence electrons. The van der Waals surface area contributed by atoms with Crippen molar-refractivity contribution in [1.82, 2.24) is 0 Å². The van der Waals surface area contributed by atoms with Crippen LogP contribution in [0.3, 0.4) is 0 Å². The van der Waals surface area contributed by atoms with Gasteiger partial charge in [0.05, 0.1) is 0 Å². The van der Waals surface area contributed by atoms with Crippen molar-refractivity contribution in [2.24, 2.45) is 0 Å². The summed E-state index contributed by atoms with van der Waals surface area (Å²) >= 11 is 0. The molecule has 0 atom stereocenters. The summed E-state index contributed by atoms with van der Waals surface area (Å²) in [5.41, 5.74) is 23.2. The summed E-state index contributed by atoms with van der Waals surface area (Å²) < 4.78 is 21.0. The molecule has 88 heavy (non-hydrogen) atoms. The Morgan fingerprint density at radius 1 is 0.227 bits per heavy atom. The first-order valence-electron chi connectivity index (χ1n) is 31.5. The second kappa shape index (κ2) is 21.6. The first-order chi connectivity index (χ1) is 41.3. The van der Waals surface area contributed by atoms with Gasteiger partial charge in [-0.15, -0.1) is 0 Å². The summed E-state index contributed by atoms with van der Waals surface area (Å²) in [5.74, 6) is 5.22. The number of fused-ring (bicyclic) bond motifs is 6. The Labute approximate surface area is 525 Å². The van der Waals surface area contributed by atoms with Gasteiger partial charge in [0.25, 0.3) is 0 Å². The van der Waals surface area contributed by atoms with Gasteiger partial charge in [-0.25, -0.2) is 0 Å². The van der Waals surface area contributed by atoms with Gasteiger partial charge in [-0.3, -0.25) is 0 Å². The molecule has 3 aliphatic heterocycles. The molecule has 0 N–H and O–H groups in total. The monoisotopic (exact) mass is 1160 g/mol.